The molecule has 0 amide bonds. The second-order valence-corrected chi connectivity index (χ2v) is 4.65. The summed E-state index contributed by atoms with van der Waals surface area (Å²) < 4.78 is 4.86. The van der Waals surface area contributed by atoms with Gasteiger partial charge in [0.2, 0.25) is 0 Å². The molecule has 0 aromatic carbocycles. The molecule has 3 nitrogen and oxygen atoms in total. The summed E-state index contributed by atoms with van der Waals surface area (Å²) in [6, 6.07) is 0. The molecule has 0 heterocycles. The Balaban J connectivity index is 2.58. The number of esters is 1. The predicted molar refractivity (Wildman–Crippen MR) is 52.8 cm³/mol. The van der Waals surface area contributed by atoms with Crippen LogP contribution in [0, 0.1) is 11.3 Å². The van der Waals surface area contributed by atoms with Gasteiger partial charge in [0.25, 0.3) is 0 Å². The summed E-state index contributed by atoms with van der Waals surface area (Å²) >= 11 is 0. The van der Waals surface area contributed by atoms with Gasteiger partial charge in [-0.3, -0.25) is 9.59 Å². The molecule has 0 bridgehead atoms. The first-order valence-electron chi connectivity index (χ1n) is 5.15. The van der Waals surface area contributed by atoms with Gasteiger partial charge >= 0.3 is 5.97 Å². The van der Waals surface area contributed by atoms with Crippen LogP contribution < -0.4 is 0 Å². The number of hydrogen-bond acceptors (Lipinski definition) is 3. The zero-order valence-corrected chi connectivity index (χ0v) is 9.13. The van der Waals surface area contributed by atoms with Gasteiger partial charge in [-0.15, -0.1) is 0 Å². The van der Waals surface area contributed by atoms with E-state index in [4.69, 9.17) is 4.74 Å². The molecule has 1 atom stereocenters. The zero-order chi connectivity index (χ0) is 10.8. The Hall–Kier alpha value is -0.860. The Morgan fingerprint density at radius 1 is 1.57 bits per heavy atom. The van der Waals surface area contributed by atoms with E-state index >= 15 is 0 Å². The van der Waals surface area contributed by atoms with Crippen LogP contribution in [-0.4, -0.2) is 18.4 Å². The van der Waals surface area contributed by atoms with Crippen molar-refractivity contribution in [2.24, 2.45) is 11.3 Å². The van der Waals surface area contributed by atoms with Gasteiger partial charge in [-0.1, -0.05) is 13.8 Å². The lowest BCUT2D eigenvalue weighted by Crippen LogP contribution is -2.35. The minimum absolute atomic E-state index is 0.0414. The molecule has 1 saturated carbocycles. The van der Waals surface area contributed by atoms with E-state index in [1.54, 1.807) is 6.92 Å². The molecule has 0 spiro atoms. The molecule has 1 aliphatic rings. The second kappa shape index (κ2) is 4.11. The van der Waals surface area contributed by atoms with Crippen LogP contribution in [0.1, 0.15) is 40.0 Å². The quantitative estimate of drug-likeness (QED) is 0.503. The van der Waals surface area contributed by atoms with Crippen LogP contribution in [0.4, 0.5) is 0 Å². The third-order valence-electron chi connectivity index (χ3n) is 2.72. The maximum atomic E-state index is 11.6. The average Bonchev–Trinajstić information content (AvgIpc) is 2.02. The van der Waals surface area contributed by atoms with Gasteiger partial charge in [0.15, 0.2) is 0 Å². The maximum Gasteiger partial charge on any atom is 0.316 e. The standard InChI is InChI=1S/C11H18O3/c1-4-14-10(13)8-5-6-11(2,3)7-9(8)12/h8H,4-7H2,1-3H3/t8-/m1/s1. The SMILES string of the molecule is CCOC(=O)[C@@H]1CCC(C)(C)CC1=O. The van der Waals surface area contributed by atoms with Crippen LogP contribution in [0.2, 0.25) is 0 Å². The highest BCUT2D eigenvalue weighted by atomic mass is 16.5. The Labute approximate surface area is 84.8 Å². The third kappa shape index (κ3) is 2.56. The summed E-state index contributed by atoms with van der Waals surface area (Å²) in [5.74, 6) is -0.796. The molecule has 80 valence electrons. The van der Waals surface area contributed by atoms with E-state index in [9.17, 15) is 9.59 Å². The maximum absolute atomic E-state index is 11.6. The van der Waals surface area contributed by atoms with Gasteiger partial charge in [-0.25, -0.2) is 0 Å². The Morgan fingerprint density at radius 2 is 2.21 bits per heavy atom. The summed E-state index contributed by atoms with van der Waals surface area (Å²) in [4.78, 5) is 23.0. The fourth-order valence-corrected chi connectivity index (χ4v) is 1.87. The monoisotopic (exact) mass is 198 g/mol. The highest BCUT2D eigenvalue weighted by molar-refractivity contribution is 5.99. The molecule has 14 heavy (non-hydrogen) atoms. The largest absolute Gasteiger partial charge is 0.465 e. The zero-order valence-electron chi connectivity index (χ0n) is 9.13. The number of carbonyl (C=O) groups is 2. The first-order chi connectivity index (χ1) is 6.46. The normalized spacial score (nSPS) is 25.9. The van der Waals surface area contributed by atoms with Crippen LogP contribution >= 0.6 is 0 Å². The van der Waals surface area contributed by atoms with Crippen LogP contribution in [-0.2, 0) is 14.3 Å². The summed E-state index contributed by atoms with van der Waals surface area (Å²) in [6.07, 6.45) is 2.06. The molecule has 0 aromatic rings. The van der Waals surface area contributed by atoms with Crippen LogP contribution in [0.25, 0.3) is 0 Å². The Bertz CT molecular complexity index is 243. The molecule has 1 aliphatic carbocycles. The molecule has 0 saturated heterocycles. The van der Waals surface area contributed by atoms with E-state index < -0.39 is 5.92 Å². The van der Waals surface area contributed by atoms with Crippen molar-refractivity contribution in [2.45, 2.75) is 40.0 Å². The van der Waals surface area contributed by atoms with Gasteiger partial charge in [-0.2, -0.15) is 0 Å². The van der Waals surface area contributed by atoms with Gasteiger partial charge in [0, 0.05) is 6.42 Å². The number of carbonyl (C=O) groups excluding carboxylic acids is 2. The highest BCUT2D eigenvalue weighted by Gasteiger charge is 2.37. The third-order valence-corrected chi connectivity index (χ3v) is 2.72. The van der Waals surface area contributed by atoms with Crippen molar-refractivity contribution >= 4 is 11.8 Å². The molecule has 0 aliphatic heterocycles. The van der Waals surface area contributed by atoms with Crippen LogP contribution in [0.3, 0.4) is 0 Å². The van der Waals surface area contributed by atoms with Gasteiger partial charge < -0.3 is 4.74 Å². The number of rotatable bonds is 2. The van der Waals surface area contributed by atoms with Crippen molar-refractivity contribution in [3.05, 3.63) is 0 Å². The minimum atomic E-state index is -0.497. The fourth-order valence-electron chi connectivity index (χ4n) is 1.87. The van der Waals surface area contributed by atoms with Crippen molar-refractivity contribution < 1.29 is 14.3 Å². The smallest absolute Gasteiger partial charge is 0.316 e. The lowest BCUT2D eigenvalue weighted by molar-refractivity contribution is -0.154. The van der Waals surface area contributed by atoms with Gasteiger partial charge in [0.1, 0.15) is 11.7 Å². The molecule has 0 N–H and O–H groups in total. The van der Waals surface area contributed by atoms with Crippen molar-refractivity contribution in [3.8, 4) is 0 Å². The van der Waals surface area contributed by atoms with Crippen LogP contribution in [0.15, 0.2) is 0 Å². The van der Waals surface area contributed by atoms with E-state index in [0.29, 0.717) is 19.4 Å². The Morgan fingerprint density at radius 3 is 2.71 bits per heavy atom. The van der Waals surface area contributed by atoms with Crippen molar-refractivity contribution in [2.75, 3.05) is 6.61 Å². The molecular weight excluding hydrogens is 180 g/mol. The summed E-state index contributed by atoms with van der Waals surface area (Å²) in [7, 11) is 0. The summed E-state index contributed by atoms with van der Waals surface area (Å²) in [5.41, 5.74) is 0.0556. The first-order valence-corrected chi connectivity index (χ1v) is 5.15. The predicted octanol–water partition coefficient (Wildman–Crippen LogP) is 1.94. The number of Topliss-reactive ketones (excluding diaryl/α,β-unsaturated/α-hetero) is 1. The molecule has 0 unspecified atom stereocenters. The average molecular weight is 198 g/mol. The Kier molecular flexibility index (Phi) is 3.29. The molecule has 0 radical (unpaired) electrons. The number of hydrogen-bond donors (Lipinski definition) is 0. The van der Waals surface area contributed by atoms with E-state index in [1.165, 1.54) is 0 Å². The van der Waals surface area contributed by atoms with Gasteiger partial charge in [-0.05, 0) is 25.2 Å². The van der Waals surface area contributed by atoms with Crippen molar-refractivity contribution in [3.63, 3.8) is 0 Å². The first kappa shape index (κ1) is 11.2. The summed E-state index contributed by atoms with van der Waals surface area (Å²) in [6.45, 7) is 6.24. The van der Waals surface area contributed by atoms with E-state index in [-0.39, 0.29) is 17.2 Å². The number of ketones is 1. The topological polar surface area (TPSA) is 43.4 Å². The minimum Gasteiger partial charge on any atom is -0.465 e. The van der Waals surface area contributed by atoms with Gasteiger partial charge in [0.05, 0.1) is 6.61 Å². The lowest BCUT2D eigenvalue weighted by atomic mass is 9.72. The summed E-state index contributed by atoms with van der Waals surface area (Å²) in [5, 5.41) is 0. The van der Waals surface area contributed by atoms with Crippen LogP contribution in [0.5, 0.6) is 0 Å². The molecular formula is C11H18O3. The van der Waals surface area contributed by atoms with E-state index in [0.717, 1.165) is 6.42 Å². The number of ether oxygens (including phenoxy) is 1. The van der Waals surface area contributed by atoms with E-state index in [1.807, 2.05) is 0 Å². The van der Waals surface area contributed by atoms with Crippen molar-refractivity contribution in [1.82, 2.24) is 0 Å². The van der Waals surface area contributed by atoms with Crippen molar-refractivity contribution in [1.29, 1.82) is 0 Å². The van der Waals surface area contributed by atoms with E-state index in [2.05, 4.69) is 13.8 Å². The molecule has 1 rings (SSSR count). The molecule has 3 heteroatoms. The second-order valence-electron chi connectivity index (χ2n) is 4.65. The lowest BCUT2D eigenvalue weighted by Gasteiger charge is -2.31. The molecule has 0 aromatic heterocycles. The highest BCUT2D eigenvalue weighted by Crippen LogP contribution is 2.36. The fraction of sp³-hybridized carbons (Fsp3) is 0.818. The molecule has 1 fully saturated rings.